The number of hydrogen-bond acceptors (Lipinski definition) is 3. The smallest absolute Gasteiger partial charge is 0.775 e. The van der Waals surface area contributed by atoms with E-state index in [1.165, 1.54) is 12.1 Å². The molecule has 116 valence electrons. The van der Waals surface area contributed by atoms with Gasteiger partial charge >= 0.3 is 24.7 Å². The first-order valence-corrected chi connectivity index (χ1v) is 8.16. The number of hydrogen-bond donors (Lipinski definition) is 1. The van der Waals surface area contributed by atoms with Crippen LogP contribution in [0.3, 0.4) is 0 Å². The minimum absolute atomic E-state index is 0. The molecule has 0 saturated heterocycles. The van der Waals surface area contributed by atoms with Crippen LogP contribution in [0, 0.1) is 13.1 Å². The zero-order chi connectivity index (χ0) is 17.2. The number of benzene rings is 1. The molecule has 0 amide bonds. The second-order valence-corrected chi connectivity index (χ2v) is 6.51. The third kappa shape index (κ3) is 4.08. The van der Waals surface area contributed by atoms with E-state index in [9.17, 15) is 14.4 Å². The second-order valence-electron chi connectivity index (χ2n) is 4.95. The summed E-state index contributed by atoms with van der Waals surface area (Å²) in [5.41, 5.74) is 2.57. The third-order valence-electron chi connectivity index (χ3n) is 3.32. The Bertz CT molecular complexity index is 847. The fourth-order valence-corrected chi connectivity index (χ4v) is 2.97. The van der Waals surface area contributed by atoms with E-state index in [1.807, 2.05) is 0 Å². The first-order chi connectivity index (χ1) is 10.8. The van der Waals surface area contributed by atoms with Crippen LogP contribution >= 0.6 is 7.60 Å². The maximum Gasteiger partial charge on any atom is 1.00 e. The summed E-state index contributed by atoms with van der Waals surface area (Å²) in [6.45, 7) is 17.6. The minimum atomic E-state index is -4.58. The molecule has 0 spiro atoms. The van der Waals surface area contributed by atoms with Gasteiger partial charge in [-0.3, -0.25) is 0 Å². The molecule has 0 radical (unpaired) electrons. The van der Waals surface area contributed by atoms with E-state index >= 15 is 0 Å². The molecule has 24 heavy (non-hydrogen) atoms. The Morgan fingerprint density at radius 2 is 1.75 bits per heavy atom. The van der Waals surface area contributed by atoms with Crippen LogP contribution < -0.4 is 34.0 Å². The van der Waals surface area contributed by atoms with E-state index in [0.717, 1.165) is 11.4 Å². The van der Waals surface area contributed by atoms with Gasteiger partial charge in [0.15, 0.2) is 7.60 Å². The Kier molecular flexibility index (Phi) is 6.41. The first-order valence-electron chi connectivity index (χ1n) is 6.58. The van der Waals surface area contributed by atoms with Crippen molar-refractivity contribution >= 4 is 18.6 Å². The zero-order valence-electron chi connectivity index (χ0n) is 13.5. The van der Waals surface area contributed by atoms with Gasteiger partial charge in [-0.25, -0.2) is 0 Å². The Labute approximate surface area is 152 Å². The van der Waals surface area contributed by atoms with Crippen LogP contribution in [0.15, 0.2) is 59.2 Å². The maximum atomic E-state index is 11.3. The molecular formula is C16H13LiN3O3P. The molecule has 1 aromatic carbocycles. The van der Waals surface area contributed by atoms with E-state index in [4.69, 9.17) is 13.1 Å². The Morgan fingerprint density at radius 3 is 2.21 bits per heavy atom. The second kappa shape index (κ2) is 7.69. The molecule has 0 aromatic heterocycles. The fraction of sp³-hybridized carbons (Fsp3) is 0.125. The van der Waals surface area contributed by atoms with Gasteiger partial charge in [0.1, 0.15) is 13.1 Å². The largest absolute Gasteiger partial charge is 1.00 e. The van der Waals surface area contributed by atoms with Gasteiger partial charge in [-0.2, -0.15) is 9.69 Å². The van der Waals surface area contributed by atoms with E-state index in [1.54, 1.807) is 43.0 Å². The summed E-state index contributed by atoms with van der Waals surface area (Å²) >= 11 is 0. The van der Waals surface area contributed by atoms with Crippen molar-refractivity contribution in [2.75, 3.05) is 4.90 Å². The van der Waals surface area contributed by atoms with Gasteiger partial charge in [0.2, 0.25) is 0 Å². The summed E-state index contributed by atoms with van der Waals surface area (Å²) in [5, 5.41) is -0.167. The molecule has 0 fully saturated rings. The van der Waals surface area contributed by atoms with Crippen LogP contribution in [-0.4, -0.2) is 4.89 Å². The molecule has 1 aromatic rings. The molecule has 0 saturated carbocycles. The Morgan fingerprint density at radius 1 is 1.21 bits per heavy atom. The van der Waals surface area contributed by atoms with Crippen LogP contribution in [0.4, 0.5) is 5.69 Å². The average molecular weight is 333 g/mol. The van der Waals surface area contributed by atoms with Crippen LogP contribution in [0.25, 0.3) is 9.69 Å². The van der Waals surface area contributed by atoms with Crippen molar-refractivity contribution in [3.05, 3.63) is 82.0 Å². The standard InChI is InChI=1S/C16H14N3O3P.Li/c1-11-8-13(16(17-3)18-4)9-12(2)19(11)14-6-5-7-15(10-14)23(20,21)22;/h5-10H,1-2H3,(H2,20,21,22);/q;+1/p-1. The maximum absolute atomic E-state index is 11.3. The molecular weight excluding hydrogens is 320 g/mol. The van der Waals surface area contributed by atoms with Gasteiger partial charge in [0.05, 0.1) is 5.57 Å². The van der Waals surface area contributed by atoms with Gasteiger partial charge in [-0.05, 0) is 38.1 Å². The number of rotatable bonds is 2. The summed E-state index contributed by atoms with van der Waals surface area (Å²) in [7, 11) is -4.58. The molecule has 1 unspecified atom stereocenters. The quantitative estimate of drug-likeness (QED) is 0.452. The Hall–Kier alpha value is -2.03. The number of allylic oxidation sites excluding steroid dienone is 5. The van der Waals surface area contributed by atoms with Crippen molar-refractivity contribution in [2.24, 2.45) is 0 Å². The Balaban J connectivity index is 0.00000288. The predicted octanol–water partition coefficient (Wildman–Crippen LogP) is -0.461. The van der Waals surface area contributed by atoms with Crippen LogP contribution in [-0.2, 0) is 4.57 Å². The molecule has 6 nitrogen and oxygen atoms in total. The SMILES string of the molecule is [C-]#[N+]C([N+]#[C-])=C1C=C(C)N(c2cccc(P(=O)([O-])O)c2)C(C)=C1.[Li+]. The monoisotopic (exact) mass is 333 g/mol. The van der Waals surface area contributed by atoms with Crippen LogP contribution in [0.5, 0.6) is 0 Å². The van der Waals surface area contributed by atoms with E-state index < -0.39 is 7.60 Å². The number of anilines is 1. The van der Waals surface area contributed by atoms with Gasteiger partial charge < -0.3 is 19.3 Å². The third-order valence-corrected chi connectivity index (χ3v) is 4.25. The summed E-state index contributed by atoms with van der Waals surface area (Å²) < 4.78 is 11.3. The topological polar surface area (TPSA) is 72.3 Å². The van der Waals surface area contributed by atoms with Crippen molar-refractivity contribution in [2.45, 2.75) is 13.8 Å². The molecule has 1 aliphatic heterocycles. The fourth-order valence-electron chi connectivity index (χ4n) is 2.40. The minimum Gasteiger partial charge on any atom is -0.775 e. The van der Waals surface area contributed by atoms with Gasteiger partial charge in [0.25, 0.3) is 0 Å². The normalized spacial score (nSPS) is 15.9. The molecule has 2 rings (SSSR count). The molecule has 8 heteroatoms. The summed E-state index contributed by atoms with van der Waals surface area (Å²) in [6, 6.07) is 5.96. The first kappa shape index (κ1) is 20.0. The van der Waals surface area contributed by atoms with E-state index in [-0.39, 0.29) is 30.0 Å². The summed E-state index contributed by atoms with van der Waals surface area (Å²) in [4.78, 5) is 28.7. The van der Waals surface area contributed by atoms with Gasteiger partial charge in [0, 0.05) is 22.4 Å². The zero-order valence-corrected chi connectivity index (χ0v) is 14.4. The van der Waals surface area contributed by atoms with E-state index in [0.29, 0.717) is 11.3 Å². The van der Waals surface area contributed by atoms with Crippen LogP contribution in [0.1, 0.15) is 13.8 Å². The molecule has 0 bridgehead atoms. The molecule has 1 atom stereocenters. The predicted molar refractivity (Wildman–Crippen MR) is 86.1 cm³/mol. The van der Waals surface area contributed by atoms with Gasteiger partial charge in [-0.1, -0.05) is 12.1 Å². The van der Waals surface area contributed by atoms with Crippen molar-refractivity contribution in [3.63, 3.8) is 0 Å². The average Bonchev–Trinajstić information content (AvgIpc) is 2.47. The summed E-state index contributed by atoms with van der Waals surface area (Å²) in [6.07, 6.45) is 3.39. The molecule has 0 aliphatic carbocycles. The van der Waals surface area contributed by atoms with Crippen LogP contribution in [0.2, 0.25) is 0 Å². The molecule has 1 N–H and O–H groups in total. The van der Waals surface area contributed by atoms with Crippen molar-refractivity contribution in [1.82, 2.24) is 0 Å². The van der Waals surface area contributed by atoms with Crippen molar-refractivity contribution in [1.29, 1.82) is 0 Å². The summed E-state index contributed by atoms with van der Waals surface area (Å²) in [5.74, 6) is -0.0171. The van der Waals surface area contributed by atoms with Gasteiger partial charge in [-0.15, -0.1) is 0 Å². The number of nitrogens with zero attached hydrogens (tertiary/aromatic N) is 3. The molecule has 1 heterocycles. The molecule has 1 aliphatic rings. The van der Waals surface area contributed by atoms with E-state index in [2.05, 4.69) is 9.69 Å². The van der Waals surface area contributed by atoms with Crippen molar-refractivity contribution < 1.29 is 33.2 Å². The van der Waals surface area contributed by atoms with Crippen molar-refractivity contribution in [3.8, 4) is 0 Å².